The Hall–Kier alpha value is -2.54. The molecule has 7 heteroatoms. The number of H-pyrrole nitrogens is 1. The Balaban J connectivity index is 1.31. The van der Waals surface area contributed by atoms with Gasteiger partial charge in [0, 0.05) is 50.1 Å². The number of likely N-dealkylation sites (tertiary alicyclic amines) is 1. The highest BCUT2D eigenvalue weighted by Crippen LogP contribution is 2.29. The molecule has 1 atom stereocenters. The Morgan fingerprint density at radius 3 is 2.80 bits per heavy atom. The molecule has 5 rings (SSSR count). The maximum absolute atomic E-state index is 13.5. The van der Waals surface area contributed by atoms with E-state index in [1.807, 2.05) is 0 Å². The van der Waals surface area contributed by atoms with Gasteiger partial charge in [-0.2, -0.15) is 0 Å². The van der Waals surface area contributed by atoms with Crippen LogP contribution >= 0.6 is 0 Å². The van der Waals surface area contributed by atoms with E-state index in [-0.39, 0.29) is 17.4 Å². The molecule has 1 saturated carbocycles. The molecule has 2 aromatic rings. The average Bonchev–Trinajstić information content (AvgIpc) is 3.45. The minimum Gasteiger partial charge on any atom is -0.338 e. The molecule has 0 radical (unpaired) electrons. The molecule has 1 saturated heterocycles. The predicted molar refractivity (Wildman–Crippen MR) is 111 cm³/mol. The summed E-state index contributed by atoms with van der Waals surface area (Å²) in [5.41, 5.74) is 2.04. The van der Waals surface area contributed by atoms with Crippen LogP contribution in [0.5, 0.6) is 0 Å². The summed E-state index contributed by atoms with van der Waals surface area (Å²) in [5, 5.41) is 0. The smallest absolute Gasteiger partial charge is 0.255 e. The number of benzene rings is 1. The maximum Gasteiger partial charge on any atom is 0.255 e. The molecule has 3 aliphatic rings. The first kappa shape index (κ1) is 19.4. The Bertz CT molecular complexity index is 1010. The molecule has 158 valence electrons. The minimum absolute atomic E-state index is 0.00775. The van der Waals surface area contributed by atoms with Gasteiger partial charge in [-0.1, -0.05) is 18.9 Å². The van der Waals surface area contributed by atoms with E-state index in [4.69, 9.17) is 4.98 Å². The second kappa shape index (κ2) is 7.95. The molecule has 1 unspecified atom stereocenters. The van der Waals surface area contributed by atoms with Gasteiger partial charge in [0.25, 0.3) is 11.5 Å². The SMILES string of the molecule is O=C(c1cccc(F)c1)N1CCC(c2nc3c(c(=O)[nH]2)CN(C2CCCC2)CC3)C1. The van der Waals surface area contributed by atoms with E-state index in [1.165, 1.54) is 37.8 Å². The van der Waals surface area contributed by atoms with Crippen molar-refractivity contribution < 1.29 is 9.18 Å². The number of halogens is 1. The van der Waals surface area contributed by atoms with Gasteiger partial charge in [0.1, 0.15) is 11.6 Å². The van der Waals surface area contributed by atoms with Crippen molar-refractivity contribution in [2.24, 2.45) is 0 Å². The summed E-state index contributed by atoms with van der Waals surface area (Å²) in [5.74, 6) is 0.101. The number of carbonyl (C=O) groups excluding carboxylic acids is 1. The number of aromatic nitrogens is 2. The molecule has 1 amide bonds. The third kappa shape index (κ3) is 3.67. The van der Waals surface area contributed by atoms with Gasteiger partial charge in [0.05, 0.1) is 11.3 Å². The minimum atomic E-state index is -0.413. The van der Waals surface area contributed by atoms with Crippen LogP contribution in [0.2, 0.25) is 0 Å². The molecule has 2 aliphatic heterocycles. The van der Waals surface area contributed by atoms with Crippen LogP contribution in [0.4, 0.5) is 4.39 Å². The number of hydrogen-bond acceptors (Lipinski definition) is 4. The summed E-state index contributed by atoms with van der Waals surface area (Å²) < 4.78 is 13.5. The summed E-state index contributed by atoms with van der Waals surface area (Å²) >= 11 is 0. The summed E-state index contributed by atoms with van der Waals surface area (Å²) in [7, 11) is 0. The fourth-order valence-electron chi connectivity index (χ4n) is 5.21. The summed E-state index contributed by atoms with van der Waals surface area (Å²) in [6.07, 6.45) is 6.59. The lowest BCUT2D eigenvalue weighted by molar-refractivity contribution is 0.0790. The fourth-order valence-corrected chi connectivity index (χ4v) is 5.21. The second-order valence-electron chi connectivity index (χ2n) is 8.78. The molecule has 6 nitrogen and oxygen atoms in total. The van der Waals surface area contributed by atoms with Crippen LogP contribution in [0.3, 0.4) is 0 Å². The third-order valence-corrected chi connectivity index (χ3v) is 6.89. The Labute approximate surface area is 175 Å². The van der Waals surface area contributed by atoms with E-state index >= 15 is 0 Å². The molecule has 1 aromatic heterocycles. The number of rotatable bonds is 3. The zero-order chi connectivity index (χ0) is 20.7. The number of carbonyl (C=O) groups is 1. The summed E-state index contributed by atoms with van der Waals surface area (Å²) in [6, 6.07) is 6.39. The van der Waals surface area contributed by atoms with E-state index in [0.717, 1.165) is 30.6 Å². The van der Waals surface area contributed by atoms with Crippen LogP contribution in [0.15, 0.2) is 29.1 Å². The van der Waals surface area contributed by atoms with Crippen molar-refractivity contribution in [1.29, 1.82) is 0 Å². The lowest BCUT2D eigenvalue weighted by Gasteiger charge is -2.32. The van der Waals surface area contributed by atoms with Crippen molar-refractivity contribution in [3.8, 4) is 0 Å². The molecule has 0 spiro atoms. The van der Waals surface area contributed by atoms with Crippen molar-refractivity contribution in [2.75, 3.05) is 19.6 Å². The molecule has 3 heterocycles. The van der Waals surface area contributed by atoms with Crippen LogP contribution in [0, 0.1) is 5.82 Å². The Morgan fingerprint density at radius 2 is 2.00 bits per heavy atom. The van der Waals surface area contributed by atoms with Crippen molar-refractivity contribution in [1.82, 2.24) is 19.8 Å². The summed E-state index contributed by atoms with van der Waals surface area (Å²) in [4.78, 5) is 37.5. The first-order valence-electron chi connectivity index (χ1n) is 11.0. The molecule has 2 fully saturated rings. The Kier molecular flexibility index (Phi) is 5.15. The van der Waals surface area contributed by atoms with Crippen molar-refractivity contribution in [2.45, 2.75) is 57.0 Å². The predicted octanol–water partition coefficient (Wildman–Crippen LogP) is 2.84. The van der Waals surface area contributed by atoms with Crippen molar-refractivity contribution >= 4 is 5.91 Å². The van der Waals surface area contributed by atoms with Crippen LogP contribution in [0.25, 0.3) is 0 Å². The zero-order valence-corrected chi connectivity index (χ0v) is 17.1. The summed E-state index contributed by atoms with van der Waals surface area (Å²) in [6.45, 7) is 2.72. The van der Waals surface area contributed by atoms with E-state index < -0.39 is 5.82 Å². The van der Waals surface area contributed by atoms with Crippen LogP contribution in [0.1, 0.15) is 65.5 Å². The highest BCUT2D eigenvalue weighted by molar-refractivity contribution is 5.94. The standard InChI is InChI=1S/C23H27FN4O2/c24-17-5-3-4-15(12-17)23(30)28-10-8-16(13-28)21-25-20-9-11-27(18-6-1-2-7-18)14-19(20)22(29)26-21/h3-5,12,16,18H,1-2,6-11,13-14H2,(H,25,26,29). The monoisotopic (exact) mass is 410 g/mol. The second-order valence-corrected chi connectivity index (χ2v) is 8.78. The highest BCUT2D eigenvalue weighted by atomic mass is 19.1. The van der Waals surface area contributed by atoms with Gasteiger partial charge in [0.15, 0.2) is 0 Å². The molecular weight excluding hydrogens is 383 g/mol. The lowest BCUT2D eigenvalue weighted by Crippen LogP contribution is -2.41. The van der Waals surface area contributed by atoms with E-state index in [2.05, 4.69) is 9.88 Å². The number of amides is 1. The van der Waals surface area contributed by atoms with Gasteiger partial charge in [-0.05, 0) is 37.5 Å². The fraction of sp³-hybridized carbons (Fsp3) is 0.522. The number of hydrogen-bond donors (Lipinski definition) is 1. The highest BCUT2D eigenvalue weighted by Gasteiger charge is 2.32. The molecule has 1 aliphatic carbocycles. The normalized spacial score (nSPS) is 22.4. The van der Waals surface area contributed by atoms with Crippen molar-refractivity contribution in [3.05, 3.63) is 63.1 Å². The van der Waals surface area contributed by atoms with Crippen LogP contribution in [-0.2, 0) is 13.0 Å². The van der Waals surface area contributed by atoms with Crippen LogP contribution < -0.4 is 5.56 Å². The van der Waals surface area contributed by atoms with E-state index in [9.17, 15) is 14.0 Å². The number of fused-ring (bicyclic) bond motifs is 1. The van der Waals surface area contributed by atoms with Gasteiger partial charge in [-0.3, -0.25) is 14.5 Å². The molecule has 0 bridgehead atoms. The first-order valence-corrected chi connectivity index (χ1v) is 11.0. The largest absolute Gasteiger partial charge is 0.338 e. The molecule has 1 aromatic carbocycles. The molecular formula is C23H27FN4O2. The quantitative estimate of drug-likeness (QED) is 0.845. The molecule has 1 N–H and O–H groups in total. The third-order valence-electron chi connectivity index (χ3n) is 6.89. The van der Waals surface area contributed by atoms with Crippen molar-refractivity contribution in [3.63, 3.8) is 0 Å². The first-order chi connectivity index (χ1) is 14.6. The van der Waals surface area contributed by atoms with E-state index in [0.29, 0.717) is 37.1 Å². The van der Waals surface area contributed by atoms with Gasteiger partial charge < -0.3 is 9.88 Å². The number of nitrogens with one attached hydrogen (secondary N) is 1. The van der Waals surface area contributed by atoms with Gasteiger partial charge in [-0.25, -0.2) is 9.37 Å². The van der Waals surface area contributed by atoms with Gasteiger partial charge in [0.2, 0.25) is 0 Å². The van der Waals surface area contributed by atoms with E-state index in [1.54, 1.807) is 17.0 Å². The average molecular weight is 410 g/mol. The van der Waals surface area contributed by atoms with Gasteiger partial charge in [-0.15, -0.1) is 0 Å². The molecule has 30 heavy (non-hydrogen) atoms. The lowest BCUT2D eigenvalue weighted by atomic mass is 10.0. The van der Waals surface area contributed by atoms with Gasteiger partial charge >= 0.3 is 0 Å². The topological polar surface area (TPSA) is 69.3 Å². The zero-order valence-electron chi connectivity index (χ0n) is 17.1. The maximum atomic E-state index is 13.5. The Morgan fingerprint density at radius 1 is 1.17 bits per heavy atom. The number of aromatic amines is 1. The number of nitrogens with zero attached hydrogens (tertiary/aromatic N) is 3. The van der Waals surface area contributed by atoms with Crippen LogP contribution in [-0.4, -0.2) is 51.4 Å².